The maximum Gasteiger partial charge on any atom is 0.271 e. The number of carbonyl (C=O) groups excluding carboxylic acids is 2. The molecule has 1 heterocycles. The second kappa shape index (κ2) is 9.71. The number of non-ortho nitro benzene ring substituents is 1. The number of anilines is 2. The van der Waals surface area contributed by atoms with Crippen LogP contribution in [0.3, 0.4) is 0 Å². The summed E-state index contributed by atoms with van der Waals surface area (Å²) in [4.78, 5) is 38.1. The molecule has 2 amide bonds. The fraction of sp³-hybridized carbons (Fsp3) is 0.158. The maximum atomic E-state index is 12.3. The fourth-order valence-corrected chi connectivity index (χ4v) is 3.18. The molecule has 31 heavy (non-hydrogen) atoms. The van der Waals surface area contributed by atoms with Crippen LogP contribution in [-0.2, 0) is 9.59 Å². The van der Waals surface area contributed by atoms with Crippen molar-refractivity contribution < 1.29 is 19.2 Å². The Bertz CT molecular complexity index is 1120. The summed E-state index contributed by atoms with van der Waals surface area (Å²) >= 11 is 1.10. The number of H-pyrrole nitrogens is 1. The number of nitro groups is 1. The molecular weight excluding hydrogens is 424 g/mol. The van der Waals surface area contributed by atoms with Gasteiger partial charge in [-0.25, -0.2) is 4.98 Å². The van der Waals surface area contributed by atoms with Gasteiger partial charge in [-0.2, -0.15) is 0 Å². The molecule has 2 aromatic carbocycles. The highest BCUT2D eigenvalue weighted by Crippen LogP contribution is 2.29. The van der Waals surface area contributed by atoms with Gasteiger partial charge in [-0.05, 0) is 30.3 Å². The third kappa shape index (κ3) is 5.79. The van der Waals surface area contributed by atoms with Gasteiger partial charge in [0.25, 0.3) is 5.69 Å². The van der Waals surface area contributed by atoms with Gasteiger partial charge in [0.2, 0.25) is 17.0 Å². The van der Waals surface area contributed by atoms with Crippen molar-refractivity contribution in [2.45, 2.75) is 12.1 Å². The standard InChI is InChI=1S/C19H18N6O5S/c1-11(26)20-13-5-3-12(4-6-13)18-22-19(24-23-18)31-10-17(27)21-15-9-14(25(28)29)7-8-16(15)30-2/h3-9H,10H2,1-2H3,(H,20,26)(H,21,27)(H,22,23,24). The van der Waals surface area contributed by atoms with Crippen LogP contribution in [0.2, 0.25) is 0 Å². The predicted molar refractivity (Wildman–Crippen MR) is 115 cm³/mol. The van der Waals surface area contributed by atoms with Crippen molar-refractivity contribution >= 4 is 40.6 Å². The van der Waals surface area contributed by atoms with Gasteiger partial charge in [0, 0.05) is 30.3 Å². The van der Waals surface area contributed by atoms with E-state index < -0.39 is 10.8 Å². The van der Waals surface area contributed by atoms with Crippen LogP contribution >= 0.6 is 11.8 Å². The second-order valence-corrected chi connectivity index (χ2v) is 7.15. The number of amides is 2. The minimum Gasteiger partial charge on any atom is -0.495 e. The number of hydrogen-bond acceptors (Lipinski definition) is 8. The molecule has 1 aromatic heterocycles. The van der Waals surface area contributed by atoms with Crippen LogP contribution in [0.5, 0.6) is 5.75 Å². The normalized spacial score (nSPS) is 10.4. The number of thioether (sulfide) groups is 1. The van der Waals surface area contributed by atoms with E-state index in [1.165, 1.54) is 32.2 Å². The van der Waals surface area contributed by atoms with Gasteiger partial charge in [-0.1, -0.05) is 11.8 Å². The van der Waals surface area contributed by atoms with Crippen molar-refractivity contribution in [1.82, 2.24) is 15.2 Å². The van der Waals surface area contributed by atoms with E-state index in [0.717, 1.165) is 17.3 Å². The number of carbonyl (C=O) groups is 2. The fourth-order valence-electron chi connectivity index (χ4n) is 2.58. The second-order valence-electron chi connectivity index (χ2n) is 6.20. The summed E-state index contributed by atoms with van der Waals surface area (Å²) in [5, 5.41) is 23.5. The number of nitro benzene ring substituents is 1. The van der Waals surface area contributed by atoms with Crippen molar-refractivity contribution in [2.24, 2.45) is 0 Å². The minimum absolute atomic E-state index is 0.00932. The zero-order chi connectivity index (χ0) is 22.4. The first-order chi connectivity index (χ1) is 14.9. The van der Waals surface area contributed by atoms with Crippen molar-refractivity contribution in [1.29, 1.82) is 0 Å². The van der Waals surface area contributed by atoms with Crippen LogP contribution in [-0.4, -0.2) is 44.8 Å². The Balaban J connectivity index is 1.60. The first-order valence-electron chi connectivity index (χ1n) is 8.91. The van der Waals surface area contributed by atoms with Gasteiger partial charge < -0.3 is 15.4 Å². The maximum absolute atomic E-state index is 12.3. The molecule has 160 valence electrons. The molecule has 0 atom stereocenters. The van der Waals surface area contributed by atoms with Crippen LogP contribution in [0.1, 0.15) is 6.92 Å². The summed E-state index contributed by atoms with van der Waals surface area (Å²) in [6.07, 6.45) is 0. The number of benzene rings is 2. The number of aromatic nitrogens is 3. The minimum atomic E-state index is -0.554. The van der Waals surface area contributed by atoms with Crippen LogP contribution in [0.4, 0.5) is 17.1 Å². The molecule has 0 aliphatic carbocycles. The quantitative estimate of drug-likeness (QED) is 0.273. The van der Waals surface area contributed by atoms with Crippen LogP contribution < -0.4 is 15.4 Å². The molecule has 0 bridgehead atoms. The summed E-state index contributed by atoms with van der Waals surface area (Å²) in [5.41, 5.74) is 1.47. The number of ether oxygens (including phenoxy) is 1. The first-order valence-corrected chi connectivity index (χ1v) is 9.90. The molecule has 0 saturated carbocycles. The molecule has 0 fully saturated rings. The summed E-state index contributed by atoms with van der Waals surface area (Å²) in [7, 11) is 1.41. The molecule has 12 heteroatoms. The summed E-state index contributed by atoms with van der Waals surface area (Å²) in [6.45, 7) is 1.43. The van der Waals surface area contributed by atoms with E-state index in [2.05, 4.69) is 25.8 Å². The molecular formula is C19H18N6O5S. The van der Waals surface area contributed by atoms with E-state index in [9.17, 15) is 19.7 Å². The molecule has 0 radical (unpaired) electrons. The lowest BCUT2D eigenvalue weighted by atomic mass is 10.2. The zero-order valence-corrected chi connectivity index (χ0v) is 17.4. The van der Waals surface area contributed by atoms with Crippen LogP contribution in [0.25, 0.3) is 11.4 Å². The van der Waals surface area contributed by atoms with Crippen molar-refractivity contribution in [3.63, 3.8) is 0 Å². The van der Waals surface area contributed by atoms with E-state index in [0.29, 0.717) is 22.4 Å². The van der Waals surface area contributed by atoms with E-state index in [4.69, 9.17) is 4.74 Å². The largest absolute Gasteiger partial charge is 0.495 e. The Morgan fingerprint density at radius 1 is 1.19 bits per heavy atom. The molecule has 3 rings (SSSR count). The van der Waals surface area contributed by atoms with E-state index in [1.807, 2.05) is 0 Å². The van der Waals surface area contributed by atoms with Crippen molar-refractivity contribution in [2.75, 3.05) is 23.5 Å². The SMILES string of the molecule is COc1ccc([N+](=O)[O-])cc1NC(=O)CSc1n[nH]c(-c2ccc(NC(C)=O)cc2)n1. The predicted octanol–water partition coefficient (Wildman–Crippen LogP) is 3.08. The van der Waals surface area contributed by atoms with Gasteiger partial charge in [0.05, 0.1) is 23.5 Å². The van der Waals surface area contributed by atoms with Gasteiger partial charge in [0.1, 0.15) is 5.75 Å². The number of nitrogens with zero attached hydrogens (tertiary/aromatic N) is 3. The smallest absolute Gasteiger partial charge is 0.271 e. The average Bonchev–Trinajstić information content (AvgIpc) is 3.21. The summed E-state index contributed by atoms with van der Waals surface area (Å²) < 4.78 is 5.13. The third-order valence-corrected chi connectivity index (χ3v) is 4.79. The first kappa shape index (κ1) is 21.8. The number of nitrogens with one attached hydrogen (secondary N) is 3. The average molecular weight is 442 g/mol. The number of rotatable bonds is 8. The number of hydrogen-bond donors (Lipinski definition) is 3. The van der Waals surface area contributed by atoms with Gasteiger partial charge in [0.15, 0.2) is 5.82 Å². The number of aromatic amines is 1. The Kier molecular flexibility index (Phi) is 6.82. The Labute approximate surface area is 180 Å². The van der Waals surface area contributed by atoms with E-state index in [-0.39, 0.29) is 23.0 Å². The van der Waals surface area contributed by atoms with Crippen molar-refractivity contribution in [3.05, 3.63) is 52.6 Å². The lowest BCUT2D eigenvalue weighted by molar-refractivity contribution is -0.384. The molecule has 11 nitrogen and oxygen atoms in total. The molecule has 0 spiro atoms. The third-order valence-electron chi connectivity index (χ3n) is 3.94. The lowest BCUT2D eigenvalue weighted by Gasteiger charge is -2.09. The summed E-state index contributed by atoms with van der Waals surface area (Å²) in [5.74, 6) is 0.260. The van der Waals surface area contributed by atoms with Crippen LogP contribution in [0.15, 0.2) is 47.6 Å². The highest BCUT2D eigenvalue weighted by molar-refractivity contribution is 7.99. The Hall–Kier alpha value is -3.93. The van der Waals surface area contributed by atoms with Gasteiger partial charge in [-0.3, -0.25) is 24.8 Å². The molecule has 0 saturated heterocycles. The van der Waals surface area contributed by atoms with E-state index in [1.54, 1.807) is 24.3 Å². The van der Waals surface area contributed by atoms with Gasteiger partial charge >= 0.3 is 0 Å². The van der Waals surface area contributed by atoms with E-state index >= 15 is 0 Å². The Morgan fingerprint density at radius 2 is 1.94 bits per heavy atom. The van der Waals surface area contributed by atoms with Crippen molar-refractivity contribution in [3.8, 4) is 17.1 Å². The number of methoxy groups -OCH3 is 1. The summed E-state index contributed by atoms with van der Waals surface area (Å²) in [6, 6.07) is 11.0. The van der Waals surface area contributed by atoms with Gasteiger partial charge in [-0.15, -0.1) is 5.10 Å². The molecule has 0 aliphatic rings. The highest BCUT2D eigenvalue weighted by Gasteiger charge is 2.15. The Morgan fingerprint density at radius 3 is 2.58 bits per heavy atom. The monoisotopic (exact) mass is 442 g/mol. The molecule has 3 aromatic rings. The van der Waals surface area contributed by atoms with Crippen LogP contribution in [0, 0.1) is 10.1 Å². The topological polar surface area (TPSA) is 152 Å². The molecule has 3 N–H and O–H groups in total. The highest BCUT2D eigenvalue weighted by atomic mass is 32.2. The zero-order valence-electron chi connectivity index (χ0n) is 16.5. The molecule has 0 aliphatic heterocycles. The molecule has 0 unspecified atom stereocenters. The lowest BCUT2D eigenvalue weighted by Crippen LogP contribution is -2.15.